The summed E-state index contributed by atoms with van der Waals surface area (Å²) in [6.45, 7) is 1.66. The molecule has 146 valence electrons. The molecule has 2 atom stereocenters. The molecule has 4 aromatic rings. The number of hydrogen-bond acceptors (Lipinski definition) is 7. The summed E-state index contributed by atoms with van der Waals surface area (Å²) in [6.07, 6.45) is 0.976. The van der Waals surface area contributed by atoms with Gasteiger partial charge in [0.1, 0.15) is 6.33 Å². The van der Waals surface area contributed by atoms with E-state index in [-0.39, 0.29) is 11.4 Å². The lowest BCUT2D eigenvalue weighted by Gasteiger charge is -2.19. The predicted octanol–water partition coefficient (Wildman–Crippen LogP) is 2.00. The van der Waals surface area contributed by atoms with Gasteiger partial charge in [-0.2, -0.15) is 0 Å². The molecule has 2 heterocycles. The molecule has 0 aliphatic heterocycles. The first-order valence-electron chi connectivity index (χ1n) is 9.07. The van der Waals surface area contributed by atoms with Crippen LogP contribution in [0.25, 0.3) is 10.9 Å². The summed E-state index contributed by atoms with van der Waals surface area (Å²) in [7, 11) is 0. The maximum Gasteiger partial charge on any atom is 0.332 e. The Kier molecular flexibility index (Phi) is 5.10. The Hall–Kier alpha value is -3.88. The fourth-order valence-electron chi connectivity index (χ4n) is 3.04. The van der Waals surface area contributed by atoms with Gasteiger partial charge in [0.25, 0.3) is 5.56 Å². The average Bonchev–Trinajstić information content (AvgIpc) is 3.27. The number of H-pyrrole nitrogens is 1. The van der Waals surface area contributed by atoms with Gasteiger partial charge in [-0.1, -0.05) is 42.5 Å². The van der Waals surface area contributed by atoms with E-state index >= 15 is 0 Å². The highest BCUT2D eigenvalue weighted by Crippen LogP contribution is 2.20. The van der Waals surface area contributed by atoms with E-state index in [1.165, 1.54) is 11.0 Å². The van der Waals surface area contributed by atoms with Crippen LogP contribution >= 0.6 is 0 Å². The Bertz CT molecular complexity index is 1170. The maximum atomic E-state index is 12.9. The monoisotopic (exact) mass is 390 g/mol. The van der Waals surface area contributed by atoms with E-state index in [2.05, 4.69) is 25.5 Å². The molecule has 0 bridgehead atoms. The van der Waals surface area contributed by atoms with E-state index in [4.69, 9.17) is 4.74 Å². The summed E-state index contributed by atoms with van der Waals surface area (Å²) < 4.78 is 6.97. The van der Waals surface area contributed by atoms with Gasteiger partial charge < -0.3 is 9.72 Å². The van der Waals surface area contributed by atoms with Gasteiger partial charge in [-0.3, -0.25) is 4.79 Å². The molecule has 0 saturated carbocycles. The van der Waals surface area contributed by atoms with Crippen LogP contribution in [0.3, 0.4) is 0 Å². The first kappa shape index (κ1) is 18.5. The van der Waals surface area contributed by atoms with Gasteiger partial charge in [0, 0.05) is 6.42 Å². The highest BCUT2D eigenvalue weighted by molar-refractivity contribution is 5.77. The number of tetrazole rings is 1. The summed E-state index contributed by atoms with van der Waals surface area (Å²) in [4.78, 5) is 32.3. The second-order valence-electron chi connectivity index (χ2n) is 6.54. The van der Waals surface area contributed by atoms with Crippen LogP contribution in [0.5, 0.6) is 0 Å². The van der Waals surface area contributed by atoms with Crippen molar-refractivity contribution in [3.05, 3.63) is 82.7 Å². The molecule has 0 spiro atoms. The standard InChI is InChI=1S/C20H18N6O3/c1-13(18-22-16-10-6-5-9-15(16)19(27)23-18)29-20(28)17(26-12-21-24-25-26)11-14-7-3-2-4-8-14/h2-10,12-13,17H,11H2,1H3,(H,22,23,27)/t13-,17-/m0/s1. The second-order valence-corrected chi connectivity index (χ2v) is 6.54. The number of hydrogen-bond donors (Lipinski definition) is 1. The number of carbonyl (C=O) groups is 1. The molecule has 0 aliphatic rings. The van der Waals surface area contributed by atoms with Gasteiger partial charge in [0.05, 0.1) is 10.9 Å². The van der Waals surface area contributed by atoms with Crippen LogP contribution in [0.15, 0.2) is 65.7 Å². The zero-order chi connectivity index (χ0) is 20.2. The zero-order valence-electron chi connectivity index (χ0n) is 15.6. The number of benzene rings is 2. The summed E-state index contributed by atoms with van der Waals surface area (Å²) in [5.74, 6) is -0.248. The molecule has 1 N–H and O–H groups in total. The van der Waals surface area contributed by atoms with Crippen LogP contribution in [-0.4, -0.2) is 36.1 Å². The van der Waals surface area contributed by atoms with Crippen LogP contribution in [-0.2, 0) is 16.0 Å². The zero-order valence-corrected chi connectivity index (χ0v) is 15.6. The van der Waals surface area contributed by atoms with Crippen molar-refractivity contribution in [2.45, 2.75) is 25.5 Å². The number of esters is 1. The van der Waals surface area contributed by atoms with Crippen molar-refractivity contribution in [2.24, 2.45) is 0 Å². The summed E-state index contributed by atoms with van der Waals surface area (Å²) in [5.41, 5.74) is 1.19. The molecule has 2 aromatic carbocycles. The summed E-state index contributed by atoms with van der Waals surface area (Å²) >= 11 is 0. The molecule has 0 fully saturated rings. The fraction of sp³-hybridized carbons (Fsp3) is 0.200. The van der Waals surface area contributed by atoms with Crippen molar-refractivity contribution in [3.8, 4) is 0 Å². The van der Waals surface area contributed by atoms with Crippen molar-refractivity contribution in [1.82, 2.24) is 30.2 Å². The fourth-order valence-corrected chi connectivity index (χ4v) is 3.04. The molecule has 9 nitrogen and oxygen atoms in total. The molecule has 29 heavy (non-hydrogen) atoms. The lowest BCUT2D eigenvalue weighted by molar-refractivity contribution is -0.153. The number of carbonyl (C=O) groups excluding carboxylic acids is 1. The minimum atomic E-state index is -0.755. The Balaban J connectivity index is 1.58. The number of fused-ring (bicyclic) bond motifs is 1. The minimum Gasteiger partial charge on any atom is -0.453 e. The molecule has 0 amide bonds. The highest BCUT2D eigenvalue weighted by Gasteiger charge is 2.27. The van der Waals surface area contributed by atoms with E-state index in [0.717, 1.165) is 5.56 Å². The van der Waals surface area contributed by atoms with Gasteiger partial charge in [-0.05, 0) is 35.0 Å². The average molecular weight is 390 g/mol. The molecule has 4 rings (SSSR count). The third kappa shape index (κ3) is 4.03. The summed E-state index contributed by atoms with van der Waals surface area (Å²) in [5, 5.41) is 11.6. The third-order valence-corrected chi connectivity index (χ3v) is 4.54. The van der Waals surface area contributed by atoms with E-state index in [9.17, 15) is 9.59 Å². The molecule has 0 aliphatic carbocycles. The van der Waals surface area contributed by atoms with Crippen molar-refractivity contribution < 1.29 is 9.53 Å². The van der Waals surface area contributed by atoms with E-state index in [1.807, 2.05) is 30.3 Å². The van der Waals surface area contributed by atoms with Crippen LogP contribution in [0.1, 0.15) is 30.5 Å². The number of para-hydroxylation sites is 1. The van der Waals surface area contributed by atoms with E-state index in [1.54, 1.807) is 31.2 Å². The largest absolute Gasteiger partial charge is 0.453 e. The quantitative estimate of drug-likeness (QED) is 0.501. The molecule has 0 unspecified atom stereocenters. The van der Waals surface area contributed by atoms with Crippen LogP contribution in [0, 0.1) is 0 Å². The van der Waals surface area contributed by atoms with Crippen molar-refractivity contribution >= 4 is 16.9 Å². The third-order valence-electron chi connectivity index (χ3n) is 4.54. The Morgan fingerprint density at radius 2 is 1.90 bits per heavy atom. The van der Waals surface area contributed by atoms with Gasteiger partial charge >= 0.3 is 5.97 Å². The first-order chi connectivity index (χ1) is 14.1. The molecule has 0 saturated heterocycles. The normalized spacial score (nSPS) is 13.1. The number of aromatic nitrogens is 6. The number of rotatable bonds is 6. The predicted molar refractivity (Wildman–Crippen MR) is 104 cm³/mol. The topological polar surface area (TPSA) is 116 Å². The van der Waals surface area contributed by atoms with Gasteiger partial charge in [-0.15, -0.1) is 5.10 Å². The SMILES string of the molecule is C[C@H](OC(=O)[C@H](Cc1ccccc1)n1cnnn1)c1nc2ccccc2c(=O)[nH]1. The highest BCUT2D eigenvalue weighted by atomic mass is 16.5. The Labute approximate surface area is 165 Å². The van der Waals surface area contributed by atoms with Gasteiger partial charge in [-0.25, -0.2) is 14.5 Å². The summed E-state index contributed by atoms with van der Waals surface area (Å²) in [6, 6.07) is 15.8. The number of ether oxygens (including phenoxy) is 1. The van der Waals surface area contributed by atoms with E-state index in [0.29, 0.717) is 17.3 Å². The van der Waals surface area contributed by atoms with Gasteiger partial charge in [0.2, 0.25) is 0 Å². The molecule has 2 aromatic heterocycles. The van der Waals surface area contributed by atoms with Crippen LogP contribution in [0.4, 0.5) is 0 Å². The number of nitrogens with one attached hydrogen (secondary N) is 1. The van der Waals surface area contributed by atoms with E-state index < -0.39 is 18.1 Å². The van der Waals surface area contributed by atoms with Gasteiger partial charge in [0.15, 0.2) is 18.0 Å². The van der Waals surface area contributed by atoms with Crippen molar-refractivity contribution in [2.75, 3.05) is 0 Å². The molecule has 0 radical (unpaired) electrons. The van der Waals surface area contributed by atoms with Crippen molar-refractivity contribution in [1.29, 1.82) is 0 Å². The Morgan fingerprint density at radius 1 is 1.14 bits per heavy atom. The molecule has 9 heteroatoms. The lowest BCUT2D eigenvalue weighted by Crippen LogP contribution is -2.27. The van der Waals surface area contributed by atoms with Crippen LogP contribution in [0.2, 0.25) is 0 Å². The van der Waals surface area contributed by atoms with Crippen molar-refractivity contribution in [3.63, 3.8) is 0 Å². The molecular weight excluding hydrogens is 372 g/mol. The maximum absolute atomic E-state index is 12.9. The Morgan fingerprint density at radius 3 is 2.66 bits per heavy atom. The molecular formula is C20H18N6O3. The smallest absolute Gasteiger partial charge is 0.332 e. The first-order valence-corrected chi connectivity index (χ1v) is 9.07. The minimum absolute atomic E-state index is 0.275. The second kappa shape index (κ2) is 8.01. The van der Waals surface area contributed by atoms with Crippen LogP contribution < -0.4 is 5.56 Å². The number of nitrogens with zero attached hydrogens (tertiary/aromatic N) is 5. The lowest BCUT2D eigenvalue weighted by atomic mass is 10.1. The number of aromatic amines is 1.